The first-order chi connectivity index (χ1) is 20.6. The van der Waals surface area contributed by atoms with Crippen LogP contribution >= 0.6 is 0 Å². The summed E-state index contributed by atoms with van der Waals surface area (Å²) in [5, 5.41) is 3.59. The molecule has 1 amide bonds. The highest BCUT2D eigenvalue weighted by molar-refractivity contribution is 5.95. The van der Waals surface area contributed by atoms with Gasteiger partial charge >= 0.3 is 6.18 Å². The molecule has 7 nitrogen and oxygen atoms in total. The minimum atomic E-state index is -4.41. The summed E-state index contributed by atoms with van der Waals surface area (Å²) >= 11 is 0. The number of halogens is 3. The molecule has 0 atom stereocenters. The summed E-state index contributed by atoms with van der Waals surface area (Å²) in [6, 6.07) is 16.1. The maximum absolute atomic E-state index is 12.8. The zero-order valence-electron chi connectivity index (χ0n) is 24.4. The molecule has 4 aromatic rings. The fourth-order valence-electron chi connectivity index (χ4n) is 5.32. The second kappa shape index (κ2) is 13.0. The Morgan fingerprint density at radius 1 is 1.00 bits per heavy atom. The van der Waals surface area contributed by atoms with Crippen molar-refractivity contribution in [3.05, 3.63) is 78.1 Å². The van der Waals surface area contributed by atoms with Crippen molar-refractivity contribution in [2.45, 2.75) is 45.3 Å². The number of ether oxygens (including phenoxy) is 2. The van der Waals surface area contributed by atoms with Gasteiger partial charge in [0, 0.05) is 28.7 Å². The molecule has 43 heavy (non-hydrogen) atoms. The number of aromatic nitrogens is 2. The minimum absolute atomic E-state index is 0.0439. The summed E-state index contributed by atoms with van der Waals surface area (Å²) in [6.45, 7) is 7.25. The van der Waals surface area contributed by atoms with E-state index in [2.05, 4.69) is 34.0 Å². The number of alkyl halides is 3. The smallest absolute Gasteiger partial charge is 0.416 e. The van der Waals surface area contributed by atoms with E-state index in [1.807, 2.05) is 24.3 Å². The molecule has 1 aliphatic rings. The molecule has 1 saturated heterocycles. The molecular formula is C33H35F3N4O3. The first kappa shape index (κ1) is 30.3. The Bertz CT molecular complexity index is 1550. The van der Waals surface area contributed by atoms with Crippen molar-refractivity contribution in [2.75, 3.05) is 32.1 Å². The van der Waals surface area contributed by atoms with Gasteiger partial charge < -0.3 is 19.7 Å². The van der Waals surface area contributed by atoms with E-state index in [-0.39, 0.29) is 12.3 Å². The van der Waals surface area contributed by atoms with Crippen molar-refractivity contribution in [1.82, 2.24) is 14.9 Å². The molecule has 0 saturated carbocycles. The lowest BCUT2D eigenvalue weighted by molar-refractivity contribution is -0.137. The SMILES string of the molecule is COc1cc2c(-c3ccc(NC(=O)Cc4ccc(C(F)(F)F)cc4)cc3)ncnc2cc1OCC1CCN(C(C)C)CC1. The lowest BCUT2D eigenvalue weighted by Gasteiger charge is -2.34. The number of nitrogens with one attached hydrogen (secondary N) is 1. The highest BCUT2D eigenvalue weighted by Crippen LogP contribution is 2.36. The van der Waals surface area contributed by atoms with E-state index in [0.29, 0.717) is 47.0 Å². The van der Waals surface area contributed by atoms with E-state index in [1.54, 1.807) is 19.2 Å². The molecule has 1 N–H and O–H groups in total. The molecule has 1 aromatic heterocycles. The zero-order chi connectivity index (χ0) is 30.6. The molecule has 5 rings (SSSR count). The fourth-order valence-corrected chi connectivity index (χ4v) is 5.32. The Hall–Kier alpha value is -4.18. The van der Waals surface area contributed by atoms with Crippen LogP contribution in [0, 0.1) is 5.92 Å². The first-order valence-corrected chi connectivity index (χ1v) is 14.4. The Morgan fingerprint density at radius 3 is 2.33 bits per heavy atom. The lowest BCUT2D eigenvalue weighted by Crippen LogP contribution is -2.39. The topological polar surface area (TPSA) is 76.6 Å². The molecule has 226 valence electrons. The maximum atomic E-state index is 12.8. The summed E-state index contributed by atoms with van der Waals surface area (Å²) in [7, 11) is 1.61. The van der Waals surface area contributed by atoms with Crippen molar-refractivity contribution in [1.29, 1.82) is 0 Å². The fraction of sp³-hybridized carbons (Fsp3) is 0.364. The summed E-state index contributed by atoms with van der Waals surface area (Å²) in [4.78, 5) is 24.0. The van der Waals surface area contributed by atoms with Crippen LogP contribution in [0.5, 0.6) is 11.5 Å². The highest BCUT2D eigenvalue weighted by atomic mass is 19.4. The number of anilines is 1. The monoisotopic (exact) mass is 592 g/mol. The molecule has 0 unspecified atom stereocenters. The van der Waals surface area contributed by atoms with Crippen molar-refractivity contribution in [2.24, 2.45) is 5.92 Å². The largest absolute Gasteiger partial charge is 0.493 e. The molecule has 1 fully saturated rings. The molecular weight excluding hydrogens is 557 g/mol. The second-order valence-electron chi connectivity index (χ2n) is 11.1. The average molecular weight is 593 g/mol. The molecule has 3 aromatic carbocycles. The van der Waals surface area contributed by atoms with E-state index < -0.39 is 11.7 Å². The van der Waals surface area contributed by atoms with Gasteiger partial charge in [0.05, 0.1) is 36.9 Å². The Kier molecular flexibility index (Phi) is 9.15. The summed E-state index contributed by atoms with van der Waals surface area (Å²) in [5.74, 6) is 1.42. The number of likely N-dealkylation sites (tertiary alicyclic amines) is 1. The number of rotatable bonds is 9. The van der Waals surface area contributed by atoms with E-state index in [9.17, 15) is 18.0 Å². The van der Waals surface area contributed by atoms with Crippen LogP contribution < -0.4 is 14.8 Å². The van der Waals surface area contributed by atoms with Gasteiger partial charge in [-0.05, 0) is 81.6 Å². The number of carbonyl (C=O) groups excluding carboxylic acids is 1. The van der Waals surface area contributed by atoms with Gasteiger partial charge in [0.2, 0.25) is 5.91 Å². The zero-order valence-corrected chi connectivity index (χ0v) is 24.4. The van der Waals surface area contributed by atoms with Crippen molar-refractivity contribution in [3.63, 3.8) is 0 Å². The van der Waals surface area contributed by atoms with E-state index in [1.165, 1.54) is 18.5 Å². The number of piperidine rings is 1. The molecule has 0 radical (unpaired) electrons. The van der Waals surface area contributed by atoms with E-state index >= 15 is 0 Å². The number of methoxy groups -OCH3 is 1. The number of nitrogens with zero attached hydrogens (tertiary/aromatic N) is 3. The molecule has 10 heteroatoms. The predicted octanol–water partition coefficient (Wildman–Crippen LogP) is 7.00. The van der Waals surface area contributed by atoms with Gasteiger partial charge in [-0.3, -0.25) is 4.79 Å². The second-order valence-corrected chi connectivity index (χ2v) is 11.1. The van der Waals surface area contributed by atoms with Crippen molar-refractivity contribution in [3.8, 4) is 22.8 Å². The number of fused-ring (bicyclic) bond motifs is 1. The van der Waals surface area contributed by atoms with Crippen LogP contribution in [0.25, 0.3) is 22.2 Å². The molecule has 0 bridgehead atoms. The van der Waals surface area contributed by atoms with Gasteiger partial charge in [0.15, 0.2) is 11.5 Å². The number of amides is 1. The van der Waals surface area contributed by atoms with E-state index in [0.717, 1.165) is 54.5 Å². The third-order valence-corrected chi connectivity index (χ3v) is 7.86. The minimum Gasteiger partial charge on any atom is -0.493 e. The predicted molar refractivity (Wildman–Crippen MR) is 160 cm³/mol. The Morgan fingerprint density at radius 2 is 1.70 bits per heavy atom. The molecule has 0 aliphatic carbocycles. The number of benzene rings is 3. The van der Waals surface area contributed by atoms with Crippen LogP contribution in [0.15, 0.2) is 67.0 Å². The lowest BCUT2D eigenvalue weighted by atomic mass is 9.97. The molecule has 1 aliphatic heterocycles. The van der Waals surface area contributed by atoms with Crippen LogP contribution in [0.3, 0.4) is 0 Å². The van der Waals surface area contributed by atoms with Gasteiger partial charge in [-0.2, -0.15) is 13.2 Å². The first-order valence-electron chi connectivity index (χ1n) is 14.4. The third-order valence-electron chi connectivity index (χ3n) is 7.86. The third kappa shape index (κ3) is 7.43. The Balaban J connectivity index is 1.25. The number of hydrogen-bond acceptors (Lipinski definition) is 6. The van der Waals surface area contributed by atoms with Crippen LogP contribution in [0.4, 0.5) is 18.9 Å². The van der Waals surface area contributed by atoms with Crippen molar-refractivity contribution < 1.29 is 27.4 Å². The highest BCUT2D eigenvalue weighted by Gasteiger charge is 2.30. The van der Waals surface area contributed by atoms with Gasteiger partial charge in [-0.1, -0.05) is 24.3 Å². The Labute approximate surface area is 249 Å². The van der Waals surface area contributed by atoms with Gasteiger partial charge in [-0.15, -0.1) is 0 Å². The van der Waals surface area contributed by atoms with Gasteiger partial charge in [0.1, 0.15) is 6.33 Å². The summed E-state index contributed by atoms with van der Waals surface area (Å²) in [5.41, 5.74) is 2.56. The van der Waals surface area contributed by atoms with Gasteiger partial charge in [-0.25, -0.2) is 9.97 Å². The van der Waals surface area contributed by atoms with Gasteiger partial charge in [0.25, 0.3) is 0 Å². The van der Waals surface area contributed by atoms with Crippen LogP contribution in [0.1, 0.15) is 37.8 Å². The average Bonchev–Trinajstić information content (AvgIpc) is 2.99. The quantitative estimate of drug-likeness (QED) is 0.226. The summed E-state index contributed by atoms with van der Waals surface area (Å²) < 4.78 is 50.3. The molecule has 2 heterocycles. The molecule has 0 spiro atoms. The van der Waals surface area contributed by atoms with Crippen LogP contribution in [-0.4, -0.2) is 53.6 Å². The van der Waals surface area contributed by atoms with Crippen LogP contribution in [0.2, 0.25) is 0 Å². The number of hydrogen-bond donors (Lipinski definition) is 1. The van der Waals surface area contributed by atoms with Crippen molar-refractivity contribution >= 4 is 22.5 Å². The maximum Gasteiger partial charge on any atom is 0.416 e. The summed E-state index contributed by atoms with van der Waals surface area (Å²) in [6.07, 6.45) is -0.741. The standard InChI is InChI=1S/C33H35F3N4O3/c1-21(2)40-14-12-23(13-15-40)19-43-30-18-28-27(17-29(30)42-3)32(38-20-37-28)24-6-10-26(11-7-24)39-31(41)16-22-4-8-25(9-5-22)33(34,35)36/h4-11,17-18,20-21,23H,12-16,19H2,1-3H3,(H,39,41). The van der Waals surface area contributed by atoms with E-state index in [4.69, 9.17) is 9.47 Å². The number of carbonyl (C=O) groups is 1. The normalized spacial score (nSPS) is 14.7. The van der Waals surface area contributed by atoms with Crippen LogP contribution in [-0.2, 0) is 17.4 Å².